The van der Waals surface area contributed by atoms with Crippen LogP contribution in [0.2, 0.25) is 0 Å². The minimum Gasteiger partial charge on any atom is -0.508 e. The largest absolute Gasteiger partial charge is 0.508 e. The first-order valence-electron chi connectivity index (χ1n) is 6.51. The van der Waals surface area contributed by atoms with Gasteiger partial charge in [0, 0.05) is 20.2 Å². The van der Waals surface area contributed by atoms with Crippen molar-refractivity contribution in [1.82, 2.24) is 10.6 Å². The zero-order chi connectivity index (χ0) is 13.7. The summed E-state index contributed by atoms with van der Waals surface area (Å²) in [6, 6.07) is 6.87. The highest BCUT2D eigenvalue weighted by atomic mass is 16.5. The Morgan fingerprint density at radius 3 is 2.84 bits per heavy atom. The fourth-order valence-electron chi connectivity index (χ4n) is 2.20. The van der Waals surface area contributed by atoms with Crippen molar-refractivity contribution < 1.29 is 14.6 Å². The predicted molar refractivity (Wildman–Crippen MR) is 72.0 cm³/mol. The topological polar surface area (TPSA) is 70.6 Å². The van der Waals surface area contributed by atoms with Gasteiger partial charge in [-0.3, -0.25) is 4.79 Å². The van der Waals surface area contributed by atoms with Gasteiger partial charge >= 0.3 is 0 Å². The van der Waals surface area contributed by atoms with Gasteiger partial charge < -0.3 is 20.5 Å². The highest BCUT2D eigenvalue weighted by Gasteiger charge is 2.28. The normalized spacial score (nSPS) is 22.4. The molecule has 5 heteroatoms. The van der Waals surface area contributed by atoms with Crippen molar-refractivity contribution in [2.24, 2.45) is 0 Å². The summed E-state index contributed by atoms with van der Waals surface area (Å²) in [5, 5.41) is 15.2. The quantitative estimate of drug-likeness (QED) is 0.721. The van der Waals surface area contributed by atoms with Crippen LogP contribution < -0.4 is 10.6 Å². The third kappa shape index (κ3) is 3.94. The molecule has 1 amide bonds. The molecule has 0 aromatic heterocycles. The molecule has 1 heterocycles. The van der Waals surface area contributed by atoms with Crippen LogP contribution in [0.5, 0.6) is 5.75 Å². The molecule has 0 radical (unpaired) electrons. The summed E-state index contributed by atoms with van der Waals surface area (Å²) >= 11 is 0. The van der Waals surface area contributed by atoms with Gasteiger partial charge in [0.05, 0.1) is 12.1 Å². The minimum atomic E-state index is -0.148. The van der Waals surface area contributed by atoms with E-state index in [-0.39, 0.29) is 23.8 Å². The Morgan fingerprint density at radius 1 is 1.47 bits per heavy atom. The maximum atomic E-state index is 11.9. The van der Waals surface area contributed by atoms with E-state index in [1.165, 1.54) is 0 Å². The van der Waals surface area contributed by atoms with Crippen molar-refractivity contribution in [3.63, 3.8) is 0 Å². The summed E-state index contributed by atoms with van der Waals surface area (Å²) in [6.07, 6.45) is 1.61. The van der Waals surface area contributed by atoms with Gasteiger partial charge in [-0.05, 0) is 30.5 Å². The van der Waals surface area contributed by atoms with Crippen LogP contribution in [0.1, 0.15) is 12.0 Å². The molecule has 1 aromatic rings. The van der Waals surface area contributed by atoms with Crippen LogP contribution in [0, 0.1) is 0 Å². The molecular weight excluding hydrogens is 244 g/mol. The summed E-state index contributed by atoms with van der Waals surface area (Å²) in [7, 11) is 1.66. The molecule has 2 unspecified atom stereocenters. The maximum absolute atomic E-state index is 11.9. The van der Waals surface area contributed by atoms with Crippen LogP contribution in [-0.4, -0.2) is 43.4 Å². The van der Waals surface area contributed by atoms with Crippen LogP contribution in [0.4, 0.5) is 0 Å². The van der Waals surface area contributed by atoms with Crippen molar-refractivity contribution in [2.75, 3.05) is 20.2 Å². The van der Waals surface area contributed by atoms with Crippen molar-refractivity contribution >= 4 is 5.91 Å². The van der Waals surface area contributed by atoms with E-state index < -0.39 is 0 Å². The van der Waals surface area contributed by atoms with Gasteiger partial charge in [0.15, 0.2) is 0 Å². The lowest BCUT2D eigenvalue weighted by molar-refractivity contribution is -0.122. The Bertz CT molecular complexity index is 419. The monoisotopic (exact) mass is 264 g/mol. The molecule has 0 bridgehead atoms. The fourth-order valence-corrected chi connectivity index (χ4v) is 2.20. The number of hydrogen-bond acceptors (Lipinski definition) is 4. The second-order valence-corrected chi connectivity index (χ2v) is 4.76. The second kappa shape index (κ2) is 6.54. The summed E-state index contributed by atoms with van der Waals surface area (Å²) in [5.74, 6) is 0.284. The van der Waals surface area contributed by atoms with Gasteiger partial charge in [-0.1, -0.05) is 12.1 Å². The molecule has 2 atom stereocenters. The SMILES string of the molecule is COC1CNC(C(=O)NCCc2ccc(O)cc2)C1. The van der Waals surface area contributed by atoms with Gasteiger partial charge in [0.25, 0.3) is 0 Å². The van der Waals surface area contributed by atoms with E-state index in [9.17, 15) is 9.90 Å². The lowest BCUT2D eigenvalue weighted by Crippen LogP contribution is -2.41. The van der Waals surface area contributed by atoms with E-state index in [4.69, 9.17) is 4.74 Å². The van der Waals surface area contributed by atoms with Crippen molar-refractivity contribution in [2.45, 2.75) is 25.0 Å². The van der Waals surface area contributed by atoms with Gasteiger partial charge in [-0.25, -0.2) is 0 Å². The molecule has 2 rings (SSSR count). The highest BCUT2D eigenvalue weighted by Crippen LogP contribution is 2.11. The van der Waals surface area contributed by atoms with Crippen LogP contribution in [-0.2, 0) is 16.0 Å². The van der Waals surface area contributed by atoms with Gasteiger partial charge in [0.1, 0.15) is 5.75 Å². The molecular formula is C14H20N2O3. The summed E-state index contributed by atoms with van der Waals surface area (Å²) in [4.78, 5) is 11.9. The number of aromatic hydroxyl groups is 1. The average molecular weight is 264 g/mol. The minimum absolute atomic E-state index is 0.0262. The summed E-state index contributed by atoms with van der Waals surface area (Å²) in [5.41, 5.74) is 1.09. The number of methoxy groups -OCH3 is 1. The number of benzene rings is 1. The number of nitrogens with one attached hydrogen (secondary N) is 2. The number of carbonyl (C=O) groups is 1. The maximum Gasteiger partial charge on any atom is 0.237 e. The van der Waals surface area contributed by atoms with E-state index in [0.29, 0.717) is 6.54 Å². The molecule has 1 aromatic carbocycles. The molecule has 1 aliphatic rings. The summed E-state index contributed by atoms with van der Waals surface area (Å²) < 4.78 is 5.21. The molecule has 1 fully saturated rings. The Balaban J connectivity index is 1.71. The van der Waals surface area contributed by atoms with Crippen LogP contribution in [0.25, 0.3) is 0 Å². The van der Waals surface area contributed by atoms with Gasteiger partial charge in [-0.2, -0.15) is 0 Å². The molecule has 1 aliphatic heterocycles. The lowest BCUT2D eigenvalue weighted by atomic mass is 10.1. The first-order valence-corrected chi connectivity index (χ1v) is 6.51. The Hall–Kier alpha value is -1.59. The van der Waals surface area contributed by atoms with Crippen molar-refractivity contribution in [1.29, 1.82) is 0 Å². The van der Waals surface area contributed by atoms with E-state index in [1.54, 1.807) is 19.2 Å². The van der Waals surface area contributed by atoms with Crippen LogP contribution in [0.3, 0.4) is 0 Å². The molecule has 0 saturated carbocycles. The standard InChI is InChI=1S/C14H20N2O3/c1-19-12-8-13(16-9-12)14(18)15-7-6-10-2-4-11(17)5-3-10/h2-5,12-13,16-17H,6-9H2,1H3,(H,15,18). The molecule has 0 aliphatic carbocycles. The molecule has 5 nitrogen and oxygen atoms in total. The molecule has 1 saturated heterocycles. The van der Waals surface area contributed by atoms with Crippen molar-refractivity contribution in [3.8, 4) is 5.75 Å². The first kappa shape index (κ1) is 13.8. The third-order valence-electron chi connectivity index (χ3n) is 3.39. The van der Waals surface area contributed by atoms with Gasteiger partial charge in [0.2, 0.25) is 5.91 Å². The number of carbonyl (C=O) groups excluding carboxylic acids is 1. The van der Waals surface area contributed by atoms with E-state index in [0.717, 1.165) is 24.9 Å². The molecule has 104 valence electrons. The second-order valence-electron chi connectivity index (χ2n) is 4.76. The number of hydrogen-bond donors (Lipinski definition) is 3. The van der Waals surface area contributed by atoms with Crippen LogP contribution in [0.15, 0.2) is 24.3 Å². The summed E-state index contributed by atoms with van der Waals surface area (Å²) in [6.45, 7) is 1.33. The first-order chi connectivity index (χ1) is 9.19. The fraction of sp³-hybridized carbons (Fsp3) is 0.500. The van der Waals surface area contributed by atoms with Gasteiger partial charge in [-0.15, -0.1) is 0 Å². The zero-order valence-corrected chi connectivity index (χ0v) is 11.1. The third-order valence-corrected chi connectivity index (χ3v) is 3.39. The average Bonchev–Trinajstić information content (AvgIpc) is 2.90. The van der Waals surface area contributed by atoms with E-state index >= 15 is 0 Å². The number of phenols is 1. The van der Waals surface area contributed by atoms with E-state index in [1.807, 2.05) is 12.1 Å². The highest BCUT2D eigenvalue weighted by molar-refractivity contribution is 5.82. The molecule has 3 N–H and O–H groups in total. The Kier molecular flexibility index (Phi) is 4.76. The number of amides is 1. The number of phenolic OH excluding ortho intramolecular Hbond substituents is 1. The van der Waals surface area contributed by atoms with Crippen molar-refractivity contribution in [3.05, 3.63) is 29.8 Å². The smallest absolute Gasteiger partial charge is 0.237 e. The number of rotatable bonds is 5. The lowest BCUT2D eigenvalue weighted by Gasteiger charge is -2.11. The predicted octanol–water partition coefficient (Wildman–Crippen LogP) is 0.428. The number of ether oxygens (including phenoxy) is 1. The molecule has 19 heavy (non-hydrogen) atoms. The Morgan fingerprint density at radius 2 is 2.21 bits per heavy atom. The zero-order valence-electron chi connectivity index (χ0n) is 11.1. The van der Waals surface area contributed by atoms with Crippen LogP contribution >= 0.6 is 0 Å². The molecule has 0 spiro atoms. The Labute approximate surface area is 113 Å². The van der Waals surface area contributed by atoms with E-state index in [2.05, 4.69) is 10.6 Å².